The van der Waals surface area contributed by atoms with Gasteiger partial charge >= 0.3 is 0 Å². The third-order valence-corrected chi connectivity index (χ3v) is 4.98. The first-order valence-electron chi connectivity index (χ1n) is 10.1. The highest BCUT2D eigenvalue weighted by Crippen LogP contribution is 2.16. The van der Waals surface area contributed by atoms with Crippen molar-refractivity contribution in [3.63, 3.8) is 0 Å². The SMILES string of the molecule is CCc1cccc(CNCC(O)C(Cc2cc(F)cc(F)c2)Nc2cnn(C)c2)c1. The molecule has 0 spiro atoms. The first-order valence-corrected chi connectivity index (χ1v) is 10.1. The first kappa shape index (κ1) is 21.9. The maximum Gasteiger partial charge on any atom is 0.126 e. The minimum atomic E-state index is -0.786. The van der Waals surface area contributed by atoms with Gasteiger partial charge in [0.15, 0.2) is 0 Å². The van der Waals surface area contributed by atoms with Crippen molar-refractivity contribution in [2.45, 2.75) is 38.5 Å². The minimum Gasteiger partial charge on any atom is -0.390 e. The van der Waals surface area contributed by atoms with Crippen molar-refractivity contribution in [3.8, 4) is 0 Å². The molecule has 30 heavy (non-hydrogen) atoms. The van der Waals surface area contributed by atoms with Gasteiger partial charge in [-0.15, -0.1) is 0 Å². The summed E-state index contributed by atoms with van der Waals surface area (Å²) < 4.78 is 28.9. The zero-order valence-corrected chi connectivity index (χ0v) is 17.3. The molecule has 2 unspecified atom stereocenters. The summed E-state index contributed by atoms with van der Waals surface area (Å²) in [5.74, 6) is -1.26. The fourth-order valence-corrected chi connectivity index (χ4v) is 3.44. The number of anilines is 1. The third-order valence-electron chi connectivity index (χ3n) is 4.98. The lowest BCUT2D eigenvalue weighted by atomic mass is 10.0. The number of aromatic nitrogens is 2. The van der Waals surface area contributed by atoms with Crippen molar-refractivity contribution < 1.29 is 13.9 Å². The average molecular weight is 415 g/mol. The fourth-order valence-electron chi connectivity index (χ4n) is 3.44. The average Bonchev–Trinajstić information content (AvgIpc) is 3.11. The second-order valence-corrected chi connectivity index (χ2v) is 7.51. The highest BCUT2D eigenvalue weighted by Gasteiger charge is 2.21. The zero-order valence-electron chi connectivity index (χ0n) is 17.3. The summed E-state index contributed by atoms with van der Waals surface area (Å²) in [6.45, 7) is 3.06. The molecule has 1 aromatic heterocycles. The van der Waals surface area contributed by atoms with Crippen LogP contribution in [0.15, 0.2) is 54.9 Å². The normalized spacial score (nSPS) is 13.2. The van der Waals surface area contributed by atoms with Crippen LogP contribution in [0.1, 0.15) is 23.6 Å². The minimum absolute atomic E-state index is 0.262. The largest absolute Gasteiger partial charge is 0.390 e. The third kappa shape index (κ3) is 6.37. The predicted octanol–water partition coefficient (Wildman–Crippen LogP) is 3.43. The van der Waals surface area contributed by atoms with E-state index in [1.807, 2.05) is 12.1 Å². The van der Waals surface area contributed by atoms with Gasteiger partial charge in [0.2, 0.25) is 0 Å². The van der Waals surface area contributed by atoms with Crippen LogP contribution < -0.4 is 10.6 Å². The van der Waals surface area contributed by atoms with Crippen molar-refractivity contribution in [1.29, 1.82) is 0 Å². The van der Waals surface area contributed by atoms with Crippen LogP contribution >= 0.6 is 0 Å². The monoisotopic (exact) mass is 414 g/mol. The molecule has 0 aliphatic carbocycles. The molecule has 0 saturated carbocycles. The standard InChI is InChI=1S/C23H28F2N4O/c1-3-16-5-4-6-17(7-16)12-26-14-23(30)22(28-21-13-27-29(2)15-21)10-18-8-19(24)11-20(25)9-18/h4-9,11,13,15,22-23,26,28,30H,3,10,12,14H2,1-2H3. The van der Waals surface area contributed by atoms with E-state index in [4.69, 9.17) is 0 Å². The van der Waals surface area contributed by atoms with Crippen LogP contribution in [0.2, 0.25) is 0 Å². The molecule has 0 radical (unpaired) electrons. The lowest BCUT2D eigenvalue weighted by Crippen LogP contribution is -2.42. The molecular weight excluding hydrogens is 386 g/mol. The zero-order chi connectivity index (χ0) is 21.5. The van der Waals surface area contributed by atoms with Crippen molar-refractivity contribution >= 4 is 5.69 Å². The van der Waals surface area contributed by atoms with E-state index in [1.165, 1.54) is 17.7 Å². The molecule has 2 atom stereocenters. The van der Waals surface area contributed by atoms with Gasteiger partial charge in [0, 0.05) is 32.4 Å². The van der Waals surface area contributed by atoms with Crippen LogP contribution in [0.3, 0.4) is 0 Å². The number of hydrogen-bond acceptors (Lipinski definition) is 4. The number of aliphatic hydroxyl groups excluding tert-OH is 1. The molecule has 0 bridgehead atoms. The lowest BCUT2D eigenvalue weighted by molar-refractivity contribution is 0.148. The molecule has 7 heteroatoms. The summed E-state index contributed by atoms with van der Waals surface area (Å²) in [6.07, 6.45) is 3.88. The van der Waals surface area contributed by atoms with Gasteiger partial charge in [-0.3, -0.25) is 4.68 Å². The van der Waals surface area contributed by atoms with Gasteiger partial charge in [0.1, 0.15) is 11.6 Å². The molecule has 3 aromatic rings. The molecule has 160 valence electrons. The molecule has 0 fully saturated rings. The quantitative estimate of drug-likeness (QED) is 0.476. The topological polar surface area (TPSA) is 62.1 Å². The molecule has 0 saturated heterocycles. The number of nitrogens with zero attached hydrogens (tertiary/aromatic N) is 2. The fraction of sp³-hybridized carbons (Fsp3) is 0.348. The summed E-state index contributed by atoms with van der Waals surface area (Å²) in [6, 6.07) is 11.3. The maximum absolute atomic E-state index is 13.6. The van der Waals surface area contributed by atoms with Gasteiger partial charge < -0.3 is 15.7 Å². The lowest BCUT2D eigenvalue weighted by Gasteiger charge is -2.25. The number of nitrogens with one attached hydrogen (secondary N) is 2. The maximum atomic E-state index is 13.6. The molecule has 2 aromatic carbocycles. The van der Waals surface area contributed by atoms with Crippen LogP contribution in [0, 0.1) is 11.6 Å². The van der Waals surface area contributed by atoms with Crippen LogP contribution in [0.25, 0.3) is 0 Å². The molecule has 5 nitrogen and oxygen atoms in total. The first-order chi connectivity index (χ1) is 14.4. The number of halogens is 2. The Kier molecular flexibility index (Phi) is 7.54. The number of benzene rings is 2. The smallest absolute Gasteiger partial charge is 0.126 e. The van der Waals surface area contributed by atoms with Gasteiger partial charge in [-0.2, -0.15) is 5.10 Å². The Hall–Kier alpha value is -2.77. The predicted molar refractivity (Wildman–Crippen MR) is 114 cm³/mol. The van der Waals surface area contributed by atoms with Crippen molar-refractivity contribution in [3.05, 3.63) is 83.2 Å². The number of aryl methyl sites for hydroxylation is 2. The molecular formula is C23H28F2N4O. The molecule has 0 amide bonds. The van der Waals surface area contributed by atoms with E-state index in [-0.39, 0.29) is 6.42 Å². The Morgan fingerprint density at radius 2 is 1.80 bits per heavy atom. The van der Waals surface area contributed by atoms with Gasteiger partial charge in [-0.05, 0) is 41.7 Å². The van der Waals surface area contributed by atoms with Gasteiger partial charge in [0.05, 0.1) is 24.0 Å². The van der Waals surface area contributed by atoms with E-state index < -0.39 is 23.8 Å². The van der Waals surface area contributed by atoms with Gasteiger partial charge in [0.25, 0.3) is 0 Å². The highest BCUT2D eigenvalue weighted by molar-refractivity contribution is 5.40. The Bertz CT molecular complexity index is 940. The van der Waals surface area contributed by atoms with E-state index in [0.29, 0.717) is 18.7 Å². The Labute approximate surface area is 175 Å². The Balaban J connectivity index is 1.66. The Morgan fingerprint density at radius 3 is 2.47 bits per heavy atom. The van der Waals surface area contributed by atoms with Crippen LogP contribution in [0.5, 0.6) is 0 Å². The van der Waals surface area contributed by atoms with Crippen LogP contribution in [-0.2, 0) is 26.4 Å². The van der Waals surface area contributed by atoms with Crippen molar-refractivity contribution in [2.24, 2.45) is 7.05 Å². The molecule has 3 rings (SSSR count). The van der Waals surface area contributed by atoms with Crippen molar-refractivity contribution in [1.82, 2.24) is 15.1 Å². The number of rotatable bonds is 10. The number of aliphatic hydroxyl groups is 1. The molecule has 1 heterocycles. The molecule has 0 aliphatic rings. The van der Waals surface area contributed by atoms with Gasteiger partial charge in [-0.1, -0.05) is 31.2 Å². The Morgan fingerprint density at radius 1 is 1.07 bits per heavy atom. The van der Waals surface area contributed by atoms with E-state index in [0.717, 1.165) is 23.7 Å². The summed E-state index contributed by atoms with van der Waals surface area (Å²) in [5.41, 5.74) is 3.61. The molecule has 3 N–H and O–H groups in total. The van der Waals surface area contributed by atoms with E-state index in [1.54, 1.807) is 24.1 Å². The summed E-state index contributed by atoms with van der Waals surface area (Å²) in [5, 5.41) is 21.4. The summed E-state index contributed by atoms with van der Waals surface area (Å²) in [4.78, 5) is 0. The summed E-state index contributed by atoms with van der Waals surface area (Å²) in [7, 11) is 1.80. The van der Waals surface area contributed by atoms with Crippen molar-refractivity contribution in [2.75, 3.05) is 11.9 Å². The summed E-state index contributed by atoms with van der Waals surface area (Å²) >= 11 is 0. The second kappa shape index (κ2) is 10.3. The molecule has 0 aliphatic heterocycles. The number of hydrogen-bond donors (Lipinski definition) is 3. The van der Waals surface area contributed by atoms with E-state index >= 15 is 0 Å². The second-order valence-electron chi connectivity index (χ2n) is 7.51. The van der Waals surface area contributed by atoms with Gasteiger partial charge in [-0.25, -0.2) is 8.78 Å². The van der Waals surface area contributed by atoms with E-state index in [9.17, 15) is 13.9 Å². The van der Waals surface area contributed by atoms with E-state index in [2.05, 4.69) is 34.8 Å². The van der Waals surface area contributed by atoms with Crippen LogP contribution in [0.4, 0.5) is 14.5 Å². The van der Waals surface area contributed by atoms with Crippen LogP contribution in [-0.4, -0.2) is 33.6 Å². The highest BCUT2D eigenvalue weighted by atomic mass is 19.1.